The zero-order valence-electron chi connectivity index (χ0n) is 14.8. The highest BCUT2D eigenvalue weighted by Gasteiger charge is 2.27. The number of nitrogens with zero attached hydrogens (tertiary/aromatic N) is 3. The molecule has 0 aliphatic carbocycles. The monoisotopic (exact) mass is 396 g/mol. The summed E-state index contributed by atoms with van der Waals surface area (Å²) in [4.78, 5) is 36.8. The van der Waals surface area contributed by atoms with Crippen LogP contribution in [0.2, 0.25) is 0 Å². The molecule has 0 radical (unpaired) electrons. The molecule has 0 bridgehead atoms. The van der Waals surface area contributed by atoms with Gasteiger partial charge in [0, 0.05) is 31.9 Å². The van der Waals surface area contributed by atoms with Gasteiger partial charge in [-0.3, -0.25) is 9.59 Å². The highest BCUT2D eigenvalue weighted by Crippen LogP contribution is 2.20. The number of aromatic nitrogens is 3. The number of likely N-dealkylation sites (tertiary alicyclic amines) is 1. The van der Waals surface area contributed by atoms with Gasteiger partial charge in [-0.2, -0.15) is 13.2 Å². The van der Waals surface area contributed by atoms with E-state index in [1.807, 2.05) is 0 Å². The van der Waals surface area contributed by atoms with Crippen molar-refractivity contribution in [1.82, 2.24) is 25.2 Å². The van der Waals surface area contributed by atoms with Crippen LogP contribution in [0, 0.1) is 0 Å². The fourth-order valence-corrected chi connectivity index (χ4v) is 2.96. The van der Waals surface area contributed by atoms with Crippen LogP contribution in [0.5, 0.6) is 0 Å². The number of alkyl halides is 3. The third-order valence-corrected chi connectivity index (χ3v) is 4.35. The van der Waals surface area contributed by atoms with Gasteiger partial charge in [0.15, 0.2) is 5.65 Å². The SMILES string of the molecule is C=CC(=O)N1CCC(Nc2cnc3[nH]cc(C(=O)NCCC(F)(F)F)c3n2)C1. The van der Waals surface area contributed by atoms with Gasteiger partial charge in [0.05, 0.1) is 18.2 Å². The first-order chi connectivity index (χ1) is 13.3. The molecule has 28 heavy (non-hydrogen) atoms. The molecule has 3 N–H and O–H groups in total. The number of hydrogen-bond donors (Lipinski definition) is 3. The van der Waals surface area contributed by atoms with Crippen molar-refractivity contribution in [3.63, 3.8) is 0 Å². The maximum atomic E-state index is 12.2. The Kier molecular flexibility index (Phi) is 5.52. The first-order valence-electron chi connectivity index (χ1n) is 8.64. The highest BCUT2D eigenvalue weighted by molar-refractivity contribution is 6.04. The molecule has 8 nitrogen and oxygen atoms in total. The van der Waals surface area contributed by atoms with Crippen molar-refractivity contribution >= 4 is 28.8 Å². The van der Waals surface area contributed by atoms with Crippen LogP contribution < -0.4 is 10.6 Å². The van der Waals surface area contributed by atoms with E-state index in [-0.39, 0.29) is 23.0 Å². The fourth-order valence-electron chi connectivity index (χ4n) is 2.96. The van der Waals surface area contributed by atoms with Crippen LogP contribution >= 0.6 is 0 Å². The van der Waals surface area contributed by atoms with Gasteiger partial charge in [-0.25, -0.2) is 9.97 Å². The summed E-state index contributed by atoms with van der Waals surface area (Å²) >= 11 is 0. The van der Waals surface area contributed by atoms with E-state index < -0.39 is 25.0 Å². The summed E-state index contributed by atoms with van der Waals surface area (Å²) in [6, 6.07) is -0.0290. The zero-order valence-corrected chi connectivity index (χ0v) is 14.8. The largest absolute Gasteiger partial charge is 0.390 e. The van der Waals surface area contributed by atoms with Gasteiger partial charge >= 0.3 is 6.18 Å². The first-order valence-corrected chi connectivity index (χ1v) is 8.64. The summed E-state index contributed by atoms with van der Waals surface area (Å²) in [6.07, 6.45) is -0.623. The molecule has 1 aliphatic heterocycles. The van der Waals surface area contributed by atoms with Crippen molar-refractivity contribution in [3.05, 3.63) is 30.6 Å². The van der Waals surface area contributed by atoms with Crippen molar-refractivity contribution in [3.8, 4) is 0 Å². The Hall–Kier alpha value is -3.11. The third-order valence-electron chi connectivity index (χ3n) is 4.35. The van der Waals surface area contributed by atoms with Crippen molar-refractivity contribution in [2.24, 2.45) is 0 Å². The molecule has 2 aromatic rings. The summed E-state index contributed by atoms with van der Waals surface area (Å²) in [5, 5.41) is 5.40. The second-order valence-electron chi connectivity index (χ2n) is 6.39. The quantitative estimate of drug-likeness (QED) is 0.647. The van der Waals surface area contributed by atoms with Crippen LogP contribution in [-0.4, -0.2) is 63.5 Å². The summed E-state index contributed by atoms with van der Waals surface area (Å²) in [5.41, 5.74) is 0.719. The highest BCUT2D eigenvalue weighted by atomic mass is 19.4. The predicted octanol–water partition coefficient (Wildman–Crippen LogP) is 1.84. The van der Waals surface area contributed by atoms with Crippen LogP contribution in [-0.2, 0) is 4.79 Å². The molecule has 1 unspecified atom stereocenters. The minimum Gasteiger partial charge on any atom is -0.364 e. The minimum absolute atomic E-state index is 0.0290. The normalized spacial score (nSPS) is 17.0. The lowest BCUT2D eigenvalue weighted by Crippen LogP contribution is -2.30. The minimum atomic E-state index is -4.34. The summed E-state index contributed by atoms with van der Waals surface area (Å²) in [6.45, 7) is 4.03. The number of rotatable bonds is 6. The number of carbonyl (C=O) groups is 2. The fraction of sp³-hybridized carbons (Fsp3) is 0.412. The predicted molar refractivity (Wildman–Crippen MR) is 95.7 cm³/mol. The van der Waals surface area contributed by atoms with Gasteiger partial charge in [-0.05, 0) is 12.5 Å². The van der Waals surface area contributed by atoms with E-state index in [1.54, 1.807) is 4.90 Å². The van der Waals surface area contributed by atoms with Crippen molar-refractivity contribution in [2.45, 2.75) is 25.1 Å². The molecule has 0 spiro atoms. The molecule has 2 amide bonds. The Morgan fingerprint density at radius 2 is 2.21 bits per heavy atom. The first kappa shape index (κ1) is 19.6. The molecule has 3 rings (SSSR count). The number of anilines is 1. The van der Waals surface area contributed by atoms with Crippen LogP contribution in [0.15, 0.2) is 25.0 Å². The van der Waals surface area contributed by atoms with Crippen LogP contribution in [0.1, 0.15) is 23.2 Å². The number of hydrogen-bond acceptors (Lipinski definition) is 5. The average molecular weight is 396 g/mol. The lowest BCUT2D eigenvalue weighted by molar-refractivity contribution is -0.133. The number of fused-ring (bicyclic) bond motifs is 1. The summed E-state index contributed by atoms with van der Waals surface area (Å²) in [7, 11) is 0. The number of carbonyl (C=O) groups excluding carboxylic acids is 2. The molecule has 0 saturated carbocycles. The molecular weight excluding hydrogens is 377 g/mol. The number of H-pyrrole nitrogens is 1. The molecule has 1 fully saturated rings. The van der Waals surface area contributed by atoms with Crippen molar-refractivity contribution in [1.29, 1.82) is 0 Å². The van der Waals surface area contributed by atoms with Crippen LogP contribution in [0.25, 0.3) is 11.2 Å². The van der Waals surface area contributed by atoms with Gasteiger partial charge in [0.2, 0.25) is 5.91 Å². The summed E-state index contributed by atoms with van der Waals surface area (Å²) < 4.78 is 36.7. The van der Waals surface area contributed by atoms with Gasteiger partial charge in [-0.1, -0.05) is 6.58 Å². The molecule has 0 aromatic carbocycles. The number of amides is 2. The molecule has 1 aliphatic rings. The summed E-state index contributed by atoms with van der Waals surface area (Å²) in [5.74, 6) is -0.394. The Labute approximate surface area is 158 Å². The van der Waals surface area contributed by atoms with E-state index in [4.69, 9.17) is 0 Å². The van der Waals surface area contributed by atoms with E-state index in [2.05, 4.69) is 32.2 Å². The topological polar surface area (TPSA) is 103 Å². The zero-order chi connectivity index (χ0) is 20.3. The van der Waals surface area contributed by atoms with E-state index in [0.717, 1.165) is 6.42 Å². The Balaban J connectivity index is 1.68. The molecule has 1 saturated heterocycles. The lowest BCUT2D eigenvalue weighted by atomic mass is 10.2. The standard InChI is InChI=1S/C17H19F3N6O2/c1-2-13(27)26-6-3-10(9-26)24-12-8-23-15-14(25-12)11(7-22-15)16(28)21-5-4-17(18,19)20/h2,7-8,10H,1,3-6,9H2,(H,21,28)(H,22,23)(H,24,25). The van der Waals surface area contributed by atoms with Gasteiger partial charge in [0.25, 0.3) is 5.91 Å². The molecule has 11 heteroatoms. The average Bonchev–Trinajstić information content (AvgIpc) is 3.26. The van der Waals surface area contributed by atoms with E-state index in [0.29, 0.717) is 24.6 Å². The molecule has 1 atom stereocenters. The molecule has 3 heterocycles. The number of nitrogens with one attached hydrogen (secondary N) is 3. The van der Waals surface area contributed by atoms with E-state index in [1.165, 1.54) is 18.5 Å². The second kappa shape index (κ2) is 7.87. The third kappa shape index (κ3) is 4.59. The Morgan fingerprint density at radius 3 is 2.93 bits per heavy atom. The Morgan fingerprint density at radius 1 is 1.43 bits per heavy atom. The van der Waals surface area contributed by atoms with E-state index >= 15 is 0 Å². The van der Waals surface area contributed by atoms with Crippen LogP contribution in [0.4, 0.5) is 19.0 Å². The number of aromatic amines is 1. The maximum Gasteiger partial charge on any atom is 0.390 e. The molecule has 150 valence electrons. The lowest BCUT2D eigenvalue weighted by Gasteiger charge is -2.15. The van der Waals surface area contributed by atoms with Gasteiger partial charge in [0.1, 0.15) is 11.3 Å². The smallest absolute Gasteiger partial charge is 0.364 e. The molecule has 2 aromatic heterocycles. The van der Waals surface area contributed by atoms with Crippen LogP contribution in [0.3, 0.4) is 0 Å². The van der Waals surface area contributed by atoms with E-state index in [9.17, 15) is 22.8 Å². The molecular formula is C17H19F3N6O2. The van der Waals surface area contributed by atoms with Crippen molar-refractivity contribution < 1.29 is 22.8 Å². The second-order valence-corrected chi connectivity index (χ2v) is 6.39. The van der Waals surface area contributed by atoms with Crippen molar-refractivity contribution in [2.75, 3.05) is 25.0 Å². The number of halogens is 3. The Bertz CT molecular complexity index is 895. The maximum absolute atomic E-state index is 12.2. The van der Waals surface area contributed by atoms with Gasteiger partial charge in [-0.15, -0.1) is 0 Å². The van der Waals surface area contributed by atoms with Gasteiger partial charge < -0.3 is 20.5 Å².